The van der Waals surface area contributed by atoms with E-state index < -0.39 is 6.10 Å². The number of aliphatic hydroxyl groups excluding tert-OH is 1. The van der Waals surface area contributed by atoms with Crippen LogP contribution in [0, 0.1) is 13.8 Å². The molecule has 0 unspecified atom stereocenters. The van der Waals surface area contributed by atoms with Crippen LogP contribution < -0.4 is 15.7 Å². The van der Waals surface area contributed by atoms with Gasteiger partial charge < -0.3 is 19.6 Å². The summed E-state index contributed by atoms with van der Waals surface area (Å²) in [6, 6.07) is 14.2. The van der Waals surface area contributed by atoms with E-state index in [9.17, 15) is 14.7 Å². The first kappa shape index (κ1) is 18.7. The number of rotatable bonds is 6. The van der Waals surface area contributed by atoms with Crippen LogP contribution in [0.25, 0.3) is 11.0 Å². The molecule has 0 spiro atoms. The average molecular weight is 367 g/mol. The molecular formula is C21H21NO5. The molecule has 0 radical (unpaired) electrons. The van der Waals surface area contributed by atoms with Gasteiger partial charge in [0.2, 0.25) is 0 Å². The van der Waals surface area contributed by atoms with Crippen molar-refractivity contribution in [3.05, 3.63) is 75.6 Å². The lowest BCUT2D eigenvalue weighted by Crippen LogP contribution is -2.32. The summed E-state index contributed by atoms with van der Waals surface area (Å²) in [5, 5.41) is 13.5. The predicted octanol–water partition coefficient (Wildman–Crippen LogP) is 2.64. The molecule has 3 aromatic rings. The van der Waals surface area contributed by atoms with Crippen molar-refractivity contribution in [2.75, 3.05) is 13.2 Å². The van der Waals surface area contributed by atoms with Crippen LogP contribution in [0.5, 0.6) is 5.75 Å². The maximum atomic E-state index is 11.9. The fraction of sp³-hybridized carbons (Fsp3) is 0.238. The van der Waals surface area contributed by atoms with Crippen molar-refractivity contribution in [2.45, 2.75) is 20.0 Å². The van der Waals surface area contributed by atoms with Gasteiger partial charge in [0.15, 0.2) is 6.61 Å². The molecular weight excluding hydrogens is 346 g/mol. The summed E-state index contributed by atoms with van der Waals surface area (Å²) >= 11 is 0. The minimum absolute atomic E-state index is 0.0945. The molecule has 6 heteroatoms. The van der Waals surface area contributed by atoms with Crippen molar-refractivity contribution in [3.63, 3.8) is 0 Å². The zero-order valence-electron chi connectivity index (χ0n) is 15.2. The molecule has 2 aromatic carbocycles. The van der Waals surface area contributed by atoms with Crippen LogP contribution in [0.3, 0.4) is 0 Å². The summed E-state index contributed by atoms with van der Waals surface area (Å²) < 4.78 is 10.7. The van der Waals surface area contributed by atoms with E-state index in [0.717, 1.165) is 16.5 Å². The standard InChI is InChI=1S/C21H21NO5/c1-13-14(2)21(25)27-19-10-16(8-9-17(13)19)26-12-20(24)22-11-18(23)15-6-4-3-5-7-15/h3-10,18,23H,11-12H2,1-2H3,(H,22,24)/t18-/m0/s1. The number of fused-ring (bicyclic) bond motifs is 1. The zero-order chi connectivity index (χ0) is 19.4. The Morgan fingerprint density at radius 2 is 1.89 bits per heavy atom. The van der Waals surface area contributed by atoms with Crippen molar-refractivity contribution in [1.29, 1.82) is 0 Å². The Morgan fingerprint density at radius 3 is 2.63 bits per heavy atom. The molecule has 0 saturated carbocycles. The predicted molar refractivity (Wildman–Crippen MR) is 102 cm³/mol. The fourth-order valence-electron chi connectivity index (χ4n) is 2.72. The van der Waals surface area contributed by atoms with E-state index in [1.165, 1.54) is 0 Å². The fourth-order valence-corrected chi connectivity index (χ4v) is 2.72. The third kappa shape index (κ3) is 4.35. The summed E-state index contributed by atoms with van der Waals surface area (Å²) in [5.41, 5.74) is 2.20. The molecule has 140 valence electrons. The largest absolute Gasteiger partial charge is 0.484 e. The highest BCUT2D eigenvalue weighted by Crippen LogP contribution is 2.23. The Bertz CT molecular complexity index is 1010. The second kappa shape index (κ2) is 8.05. The first-order valence-corrected chi connectivity index (χ1v) is 8.62. The number of benzene rings is 2. The van der Waals surface area contributed by atoms with E-state index >= 15 is 0 Å². The summed E-state index contributed by atoms with van der Waals surface area (Å²) in [5.74, 6) is 0.0688. The lowest BCUT2D eigenvalue weighted by molar-refractivity contribution is -0.123. The lowest BCUT2D eigenvalue weighted by Gasteiger charge is -2.13. The highest BCUT2D eigenvalue weighted by molar-refractivity contribution is 5.82. The van der Waals surface area contributed by atoms with E-state index in [2.05, 4.69) is 5.32 Å². The molecule has 27 heavy (non-hydrogen) atoms. The second-order valence-corrected chi connectivity index (χ2v) is 6.32. The van der Waals surface area contributed by atoms with Crippen LogP contribution in [0.4, 0.5) is 0 Å². The molecule has 1 amide bonds. The number of amides is 1. The van der Waals surface area contributed by atoms with Crippen molar-refractivity contribution in [3.8, 4) is 5.75 Å². The Balaban J connectivity index is 1.59. The summed E-state index contributed by atoms with van der Waals surface area (Å²) in [4.78, 5) is 23.7. The summed E-state index contributed by atoms with van der Waals surface area (Å²) in [7, 11) is 0. The van der Waals surface area contributed by atoms with Gasteiger partial charge in [0.25, 0.3) is 5.91 Å². The number of nitrogens with one attached hydrogen (secondary N) is 1. The maximum absolute atomic E-state index is 11.9. The molecule has 2 N–H and O–H groups in total. The molecule has 3 rings (SSSR count). The molecule has 6 nitrogen and oxygen atoms in total. The highest BCUT2D eigenvalue weighted by Gasteiger charge is 2.11. The highest BCUT2D eigenvalue weighted by atomic mass is 16.5. The molecule has 1 aromatic heterocycles. The van der Waals surface area contributed by atoms with Gasteiger partial charge in [-0.1, -0.05) is 30.3 Å². The quantitative estimate of drug-likeness (QED) is 0.654. The van der Waals surface area contributed by atoms with Crippen molar-refractivity contribution >= 4 is 16.9 Å². The molecule has 0 aliphatic carbocycles. The van der Waals surface area contributed by atoms with E-state index in [1.54, 1.807) is 37.3 Å². The van der Waals surface area contributed by atoms with Gasteiger partial charge in [0.1, 0.15) is 11.3 Å². The number of hydrogen-bond donors (Lipinski definition) is 2. The smallest absolute Gasteiger partial charge is 0.339 e. The first-order chi connectivity index (χ1) is 13.0. The minimum atomic E-state index is -0.781. The molecule has 1 heterocycles. The summed E-state index contributed by atoms with van der Waals surface area (Å²) in [6.07, 6.45) is -0.781. The van der Waals surface area contributed by atoms with Gasteiger partial charge in [-0.2, -0.15) is 0 Å². The number of hydrogen-bond acceptors (Lipinski definition) is 5. The van der Waals surface area contributed by atoms with Crippen LogP contribution in [-0.2, 0) is 4.79 Å². The number of aryl methyl sites for hydroxylation is 1. The van der Waals surface area contributed by atoms with Crippen LogP contribution in [0.15, 0.2) is 57.7 Å². The molecule has 0 saturated heterocycles. The van der Waals surface area contributed by atoms with Gasteiger partial charge in [-0.05, 0) is 37.1 Å². The molecule has 0 aliphatic heterocycles. The first-order valence-electron chi connectivity index (χ1n) is 8.62. The zero-order valence-corrected chi connectivity index (χ0v) is 15.2. The third-order valence-corrected chi connectivity index (χ3v) is 4.48. The van der Waals surface area contributed by atoms with E-state index in [1.807, 2.05) is 25.1 Å². The van der Waals surface area contributed by atoms with Crippen LogP contribution in [0.1, 0.15) is 22.8 Å². The molecule has 0 aliphatic rings. The van der Waals surface area contributed by atoms with Crippen LogP contribution in [0.2, 0.25) is 0 Å². The Kier molecular flexibility index (Phi) is 5.57. The van der Waals surface area contributed by atoms with Gasteiger partial charge in [0, 0.05) is 23.6 Å². The Morgan fingerprint density at radius 1 is 1.15 bits per heavy atom. The van der Waals surface area contributed by atoms with Gasteiger partial charge in [-0.15, -0.1) is 0 Å². The number of aliphatic hydroxyl groups is 1. The second-order valence-electron chi connectivity index (χ2n) is 6.32. The van der Waals surface area contributed by atoms with Crippen molar-refractivity contribution < 1.29 is 19.1 Å². The SMILES string of the molecule is Cc1c(C)c2ccc(OCC(=O)NC[C@H](O)c3ccccc3)cc2oc1=O. The van der Waals surface area contributed by atoms with E-state index in [-0.39, 0.29) is 24.7 Å². The maximum Gasteiger partial charge on any atom is 0.339 e. The number of carbonyl (C=O) groups excluding carboxylic acids is 1. The Hall–Kier alpha value is -3.12. The van der Waals surface area contributed by atoms with E-state index in [4.69, 9.17) is 9.15 Å². The van der Waals surface area contributed by atoms with Gasteiger partial charge >= 0.3 is 5.63 Å². The van der Waals surface area contributed by atoms with Gasteiger partial charge in [-0.3, -0.25) is 4.79 Å². The molecule has 1 atom stereocenters. The molecule has 0 fully saturated rings. The normalized spacial score (nSPS) is 12.0. The number of ether oxygens (including phenoxy) is 1. The van der Waals surface area contributed by atoms with Crippen molar-refractivity contribution in [1.82, 2.24) is 5.32 Å². The van der Waals surface area contributed by atoms with Crippen LogP contribution in [-0.4, -0.2) is 24.2 Å². The summed E-state index contributed by atoms with van der Waals surface area (Å²) in [6.45, 7) is 3.47. The van der Waals surface area contributed by atoms with Crippen LogP contribution >= 0.6 is 0 Å². The minimum Gasteiger partial charge on any atom is -0.484 e. The third-order valence-electron chi connectivity index (χ3n) is 4.48. The lowest BCUT2D eigenvalue weighted by atomic mass is 10.1. The molecule has 0 bridgehead atoms. The van der Waals surface area contributed by atoms with Crippen molar-refractivity contribution in [2.24, 2.45) is 0 Å². The average Bonchev–Trinajstić information content (AvgIpc) is 2.69. The topological polar surface area (TPSA) is 88.8 Å². The van der Waals surface area contributed by atoms with Gasteiger partial charge in [0.05, 0.1) is 6.10 Å². The van der Waals surface area contributed by atoms with E-state index in [0.29, 0.717) is 16.9 Å². The van der Waals surface area contributed by atoms with Gasteiger partial charge in [-0.25, -0.2) is 4.79 Å². The monoisotopic (exact) mass is 367 g/mol. The number of carbonyl (C=O) groups is 1. The Labute approximate surface area is 156 Å².